The van der Waals surface area contributed by atoms with Gasteiger partial charge in [0.2, 0.25) is 5.88 Å². The van der Waals surface area contributed by atoms with E-state index in [9.17, 15) is 4.79 Å². The quantitative estimate of drug-likeness (QED) is 0.872. The molecule has 0 aromatic carbocycles. The molecule has 1 aliphatic heterocycles. The van der Waals surface area contributed by atoms with Crippen LogP contribution in [0.4, 0.5) is 0 Å². The first-order valence-electron chi connectivity index (χ1n) is 6.64. The zero-order valence-electron chi connectivity index (χ0n) is 11.3. The summed E-state index contributed by atoms with van der Waals surface area (Å²) in [6, 6.07) is 7.54. The van der Waals surface area contributed by atoms with Gasteiger partial charge in [-0.1, -0.05) is 6.07 Å². The van der Waals surface area contributed by atoms with Crippen molar-refractivity contribution in [3.05, 3.63) is 46.3 Å². The Morgan fingerprint density at radius 3 is 3.10 bits per heavy atom. The maximum atomic E-state index is 12.3. The second-order valence-corrected chi connectivity index (χ2v) is 5.85. The number of thiophene rings is 1. The highest BCUT2D eigenvalue weighted by molar-refractivity contribution is 7.12. The molecule has 1 amide bonds. The summed E-state index contributed by atoms with van der Waals surface area (Å²) in [5, 5.41) is 2.01. The smallest absolute Gasteiger partial charge is 0.264 e. The Labute approximate surface area is 122 Å². The molecule has 0 aliphatic carbocycles. The van der Waals surface area contributed by atoms with E-state index in [4.69, 9.17) is 4.74 Å². The van der Waals surface area contributed by atoms with Gasteiger partial charge in [0.1, 0.15) is 6.10 Å². The number of aryl methyl sites for hydroxylation is 1. The Hall–Kier alpha value is -1.88. The Morgan fingerprint density at radius 2 is 2.40 bits per heavy atom. The molecule has 5 heteroatoms. The highest BCUT2D eigenvalue weighted by atomic mass is 32.1. The largest absolute Gasteiger partial charge is 0.472 e. The van der Waals surface area contributed by atoms with Gasteiger partial charge in [0.25, 0.3) is 5.91 Å². The second kappa shape index (κ2) is 5.63. The van der Waals surface area contributed by atoms with Crippen molar-refractivity contribution in [3.8, 4) is 5.88 Å². The van der Waals surface area contributed by atoms with Gasteiger partial charge in [0.05, 0.1) is 11.4 Å². The lowest BCUT2D eigenvalue weighted by atomic mass is 10.3. The van der Waals surface area contributed by atoms with Crippen molar-refractivity contribution in [3.63, 3.8) is 0 Å². The first-order chi connectivity index (χ1) is 9.72. The molecule has 2 aromatic heterocycles. The maximum absolute atomic E-state index is 12.3. The van der Waals surface area contributed by atoms with E-state index in [0.29, 0.717) is 12.4 Å². The minimum absolute atomic E-state index is 0.0370. The molecule has 104 valence electrons. The van der Waals surface area contributed by atoms with Gasteiger partial charge in [0, 0.05) is 25.2 Å². The minimum atomic E-state index is 0.0370. The first kappa shape index (κ1) is 13.1. The molecule has 3 heterocycles. The van der Waals surface area contributed by atoms with Crippen LogP contribution in [0.5, 0.6) is 5.88 Å². The summed E-state index contributed by atoms with van der Waals surface area (Å²) < 4.78 is 5.80. The number of nitrogens with zero attached hydrogens (tertiary/aromatic N) is 2. The fraction of sp³-hybridized carbons (Fsp3) is 0.333. The molecule has 1 aliphatic rings. The van der Waals surface area contributed by atoms with Gasteiger partial charge in [0.15, 0.2) is 0 Å². The zero-order valence-corrected chi connectivity index (χ0v) is 12.1. The van der Waals surface area contributed by atoms with Crippen LogP contribution in [0.2, 0.25) is 0 Å². The predicted molar refractivity (Wildman–Crippen MR) is 78.2 cm³/mol. The number of amides is 1. The standard InChI is InChI=1S/C15H16N2O2S/c1-11-8-13(20-10-11)15(18)17-7-5-12(9-17)19-14-4-2-3-6-16-14/h2-4,6,8,10,12H,5,7,9H2,1H3. The summed E-state index contributed by atoms with van der Waals surface area (Å²) in [5.41, 5.74) is 1.14. The number of carbonyl (C=O) groups is 1. The average Bonchev–Trinajstić information content (AvgIpc) is 3.08. The summed E-state index contributed by atoms with van der Waals surface area (Å²) in [5.74, 6) is 0.731. The van der Waals surface area contributed by atoms with Crippen LogP contribution in [-0.4, -0.2) is 35.0 Å². The molecule has 2 aromatic rings. The molecule has 0 radical (unpaired) electrons. The fourth-order valence-electron chi connectivity index (χ4n) is 2.30. The Morgan fingerprint density at radius 1 is 1.50 bits per heavy atom. The molecule has 20 heavy (non-hydrogen) atoms. The van der Waals surface area contributed by atoms with E-state index in [0.717, 1.165) is 23.4 Å². The summed E-state index contributed by atoms with van der Waals surface area (Å²) in [6.45, 7) is 3.38. The maximum Gasteiger partial charge on any atom is 0.264 e. The van der Waals surface area contributed by atoms with Gasteiger partial charge in [-0.25, -0.2) is 4.98 Å². The van der Waals surface area contributed by atoms with Crippen molar-refractivity contribution in [1.29, 1.82) is 0 Å². The van der Waals surface area contributed by atoms with Gasteiger partial charge in [-0.3, -0.25) is 4.79 Å². The summed E-state index contributed by atoms with van der Waals surface area (Å²) in [7, 11) is 0. The van der Waals surface area contributed by atoms with Crippen molar-refractivity contribution in [2.75, 3.05) is 13.1 Å². The first-order valence-corrected chi connectivity index (χ1v) is 7.52. The lowest BCUT2D eigenvalue weighted by Crippen LogP contribution is -2.30. The molecule has 0 spiro atoms. The molecule has 1 atom stereocenters. The molecule has 0 N–H and O–H groups in total. The van der Waals surface area contributed by atoms with Crippen LogP contribution < -0.4 is 4.74 Å². The third-order valence-corrected chi connectivity index (χ3v) is 4.33. The Balaban J connectivity index is 1.61. The average molecular weight is 288 g/mol. The topological polar surface area (TPSA) is 42.4 Å². The van der Waals surface area contributed by atoms with E-state index in [1.165, 1.54) is 11.3 Å². The van der Waals surface area contributed by atoms with Crippen LogP contribution >= 0.6 is 11.3 Å². The molecule has 1 saturated heterocycles. The molecule has 4 nitrogen and oxygen atoms in total. The molecular formula is C15H16N2O2S. The number of aromatic nitrogens is 1. The molecule has 3 rings (SSSR count). The van der Waals surface area contributed by atoms with Crippen LogP contribution in [0.1, 0.15) is 21.7 Å². The fourth-order valence-corrected chi connectivity index (χ4v) is 3.16. The SMILES string of the molecule is Cc1csc(C(=O)N2CCC(Oc3ccccn3)C2)c1. The van der Waals surface area contributed by atoms with Gasteiger partial charge in [-0.05, 0) is 30.0 Å². The van der Waals surface area contributed by atoms with Crippen molar-refractivity contribution >= 4 is 17.2 Å². The molecule has 1 unspecified atom stereocenters. The van der Waals surface area contributed by atoms with E-state index < -0.39 is 0 Å². The van der Waals surface area contributed by atoms with Gasteiger partial charge < -0.3 is 9.64 Å². The number of hydrogen-bond acceptors (Lipinski definition) is 4. The van der Waals surface area contributed by atoms with Gasteiger partial charge in [-0.15, -0.1) is 11.3 Å². The van der Waals surface area contributed by atoms with Crippen LogP contribution in [-0.2, 0) is 0 Å². The molecule has 1 fully saturated rings. The minimum Gasteiger partial charge on any atom is -0.472 e. The van der Waals surface area contributed by atoms with Crippen molar-refractivity contribution in [1.82, 2.24) is 9.88 Å². The van der Waals surface area contributed by atoms with Gasteiger partial charge >= 0.3 is 0 Å². The van der Waals surface area contributed by atoms with E-state index >= 15 is 0 Å². The second-order valence-electron chi connectivity index (χ2n) is 4.94. The highest BCUT2D eigenvalue weighted by Gasteiger charge is 2.29. The number of hydrogen-bond donors (Lipinski definition) is 0. The lowest BCUT2D eigenvalue weighted by molar-refractivity contribution is 0.0776. The third kappa shape index (κ3) is 2.82. The summed E-state index contributed by atoms with van der Waals surface area (Å²) >= 11 is 1.51. The van der Waals surface area contributed by atoms with E-state index in [1.54, 1.807) is 6.20 Å². The normalized spacial score (nSPS) is 18.2. The van der Waals surface area contributed by atoms with Crippen LogP contribution in [0, 0.1) is 6.92 Å². The number of ether oxygens (including phenoxy) is 1. The zero-order chi connectivity index (χ0) is 13.9. The Bertz CT molecular complexity index is 597. The van der Waals surface area contributed by atoms with Crippen LogP contribution in [0.15, 0.2) is 35.8 Å². The number of rotatable bonds is 3. The van der Waals surface area contributed by atoms with E-state index in [-0.39, 0.29) is 12.0 Å². The number of likely N-dealkylation sites (tertiary alicyclic amines) is 1. The van der Waals surface area contributed by atoms with Crippen molar-refractivity contribution < 1.29 is 9.53 Å². The molecule has 0 saturated carbocycles. The lowest BCUT2D eigenvalue weighted by Gasteiger charge is -2.16. The molecular weight excluding hydrogens is 272 g/mol. The van der Waals surface area contributed by atoms with Crippen LogP contribution in [0.3, 0.4) is 0 Å². The summed E-state index contributed by atoms with van der Waals surface area (Å²) in [6.07, 6.45) is 2.60. The van der Waals surface area contributed by atoms with Crippen molar-refractivity contribution in [2.24, 2.45) is 0 Å². The predicted octanol–water partition coefficient (Wildman–Crippen LogP) is 2.75. The number of pyridine rings is 1. The van der Waals surface area contributed by atoms with E-state index in [2.05, 4.69) is 4.98 Å². The van der Waals surface area contributed by atoms with Crippen molar-refractivity contribution in [2.45, 2.75) is 19.4 Å². The summed E-state index contributed by atoms with van der Waals surface area (Å²) in [4.78, 5) is 19.1. The Kier molecular flexibility index (Phi) is 3.69. The van der Waals surface area contributed by atoms with E-state index in [1.807, 2.05) is 41.5 Å². The monoisotopic (exact) mass is 288 g/mol. The third-order valence-electron chi connectivity index (χ3n) is 3.30. The molecule has 0 bridgehead atoms. The van der Waals surface area contributed by atoms with Crippen LogP contribution in [0.25, 0.3) is 0 Å². The highest BCUT2D eigenvalue weighted by Crippen LogP contribution is 2.21. The van der Waals surface area contributed by atoms with Gasteiger partial charge in [-0.2, -0.15) is 0 Å². The number of carbonyl (C=O) groups excluding carboxylic acids is 1.